The topological polar surface area (TPSA) is 42.7 Å². The molecule has 0 radical (unpaired) electrons. The monoisotopic (exact) mass is 278 g/mol. The molecule has 102 valence electrons. The standard InChI is InChI=1S/C10H7F5N4/c1-19-4(17-3-18-19)2-16-10-8(14)6(12)5(11)7(13)9(10)15/h3,16H,2H2,1H3. The zero-order valence-corrected chi connectivity index (χ0v) is 9.52. The molecule has 0 aliphatic carbocycles. The van der Waals surface area contributed by atoms with Gasteiger partial charge in [-0.2, -0.15) is 5.10 Å². The first kappa shape index (κ1) is 13.2. The second-order valence-corrected chi connectivity index (χ2v) is 3.60. The summed E-state index contributed by atoms with van der Waals surface area (Å²) in [5.41, 5.74) is -1.10. The molecule has 0 aliphatic heterocycles. The summed E-state index contributed by atoms with van der Waals surface area (Å²) in [6.45, 7) is -0.241. The minimum absolute atomic E-state index is 0.241. The van der Waals surface area contributed by atoms with Gasteiger partial charge in [-0.15, -0.1) is 0 Å². The van der Waals surface area contributed by atoms with Crippen LogP contribution >= 0.6 is 0 Å². The highest BCUT2D eigenvalue weighted by Crippen LogP contribution is 2.27. The van der Waals surface area contributed by atoms with E-state index in [-0.39, 0.29) is 12.4 Å². The quantitative estimate of drug-likeness (QED) is 0.531. The first-order chi connectivity index (χ1) is 8.93. The average molecular weight is 278 g/mol. The van der Waals surface area contributed by atoms with Crippen LogP contribution in [0.25, 0.3) is 0 Å². The van der Waals surface area contributed by atoms with E-state index in [2.05, 4.69) is 15.4 Å². The van der Waals surface area contributed by atoms with Crippen LogP contribution in [-0.2, 0) is 13.6 Å². The summed E-state index contributed by atoms with van der Waals surface area (Å²) in [6.07, 6.45) is 1.19. The van der Waals surface area contributed by atoms with E-state index in [1.165, 1.54) is 18.1 Å². The molecule has 0 saturated carbocycles. The van der Waals surface area contributed by atoms with Crippen molar-refractivity contribution in [1.82, 2.24) is 14.8 Å². The van der Waals surface area contributed by atoms with E-state index in [1.54, 1.807) is 0 Å². The predicted octanol–water partition coefficient (Wildman–Crippen LogP) is 2.12. The van der Waals surface area contributed by atoms with Gasteiger partial charge in [0.25, 0.3) is 0 Å². The summed E-state index contributed by atoms with van der Waals surface area (Å²) in [5.74, 6) is -9.76. The van der Waals surface area contributed by atoms with Crippen LogP contribution in [0.4, 0.5) is 27.6 Å². The SMILES string of the molecule is Cn1ncnc1CNc1c(F)c(F)c(F)c(F)c1F. The Morgan fingerprint density at radius 3 is 2.00 bits per heavy atom. The van der Waals surface area contributed by atoms with Crippen molar-refractivity contribution in [3.8, 4) is 0 Å². The third-order valence-corrected chi connectivity index (χ3v) is 2.44. The lowest BCUT2D eigenvalue weighted by Gasteiger charge is -2.10. The summed E-state index contributed by atoms with van der Waals surface area (Å²) in [4.78, 5) is 3.74. The number of nitrogens with zero attached hydrogens (tertiary/aromatic N) is 3. The van der Waals surface area contributed by atoms with E-state index in [4.69, 9.17) is 0 Å². The lowest BCUT2D eigenvalue weighted by Crippen LogP contribution is -2.12. The number of aromatic nitrogens is 3. The fraction of sp³-hybridized carbons (Fsp3) is 0.200. The molecule has 1 aromatic heterocycles. The van der Waals surface area contributed by atoms with Crippen LogP contribution in [0, 0.1) is 29.1 Å². The van der Waals surface area contributed by atoms with Crippen LogP contribution in [0.1, 0.15) is 5.82 Å². The number of benzene rings is 1. The molecular formula is C10H7F5N4. The number of hydrogen-bond donors (Lipinski definition) is 1. The van der Waals surface area contributed by atoms with E-state index < -0.39 is 34.8 Å². The number of hydrogen-bond acceptors (Lipinski definition) is 3. The van der Waals surface area contributed by atoms with Gasteiger partial charge in [-0.1, -0.05) is 0 Å². The lowest BCUT2D eigenvalue weighted by atomic mass is 10.2. The number of nitrogens with one attached hydrogen (secondary N) is 1. The molecule has 1 N–H and O–H groups in total. The molecule has 4 nitrogen and oxygen atoms in total. The summed E-state index contributed by atoms with van der Waals surface area (Å²) >= 11 is 0. The third-order valence-electron chi connectivity index (χ3n) is 2.44. The highest BCUT2D eigenvalue weighted by atomic mass is 19.2. The van der Waals surface area contributed by atoms with Crippen molar-refractivity contribution >= 4 is 5.69 Å². The number of halogens is 5. The maximum atomic E-state index is 13.3. The Balaban J connectivity index is 2.33. The van der Waals surface area contributed by atoms with Gasteiger partial charge in [-0.05, 0) is 0 Å². The van der Waals surface area contributed by atoms with Gasteiger partial charge in [-0.3, -0.25) is 4.68 Å². The van der Waals surface area contributed by atoms with Gasteiger partial charge in [0.2, 0.25) is 5.82 Å². The van der Waals surface area contributed by atoms with Crippen LogP contribution in [0.15, 0.2) is 6.33 Å². The Bertz CT molecular complexity index is 596. The van der Waals surface area contributed by atoms with Gasteiger partial charge in [0.15, 0.2) is 23.3 Å². The summed E-state index contributed by atoms with van der Waals surface area (Å²) in [5, 5.41) is 5.81. The largest absolute Gasteiger partial charge is 0.373 e. The molecular weight excluding hydrogens is 271 g/mol. The zero-order valence-electron chi connectivity index (χ0n) is 9.52. The molecule has 2 aromatic rings. The third kappa shape index (κ3) is 2.23. The maximum absolute atomic E-state index is 13.3. The first-order valence-corrected chi connectivity index (χ1v) is 5.01. The zero-order chi connectivity index (χ0) is 14.2. The molecule has 9 heteroatoms. The molecule has 0 amide bonds. The molecule has 0 fully saturated rings. The van der Waals surface area contributed by atoms with Crippen molar-refractivity contribution in [2.75, 3.05) is 5.32 Å². The number of aryl methyl sites for hydroxylation is 1. The van der Waals surface area contributed by atoms with E-state index in [0.717, 1.165) is 0 Å². The summed E-state index contributed by atoms with van der Waals surface area (Å²) in [7, 11) is 1.52. The molecule has 0 unspecified atom stereocenters. The Morgan fingerprint density at radius 2 is 1.53 bits per heavy atom. The number of rotatable bonds is 3. The normalized spacial score (nSPS) is 10.8. The van der Waals surface area contributed by atoms with Crippen molar-refractivity contribution < 1.29 is 22.0 Å². The maximum Gasteiger partial charge on any atom is 0.200 e. The van der Waals surface area contributed by atoms with Crippen LogP contribution in [0.5, 0.6) is 0 Å². The fourth-order valence-electron chi connectivity index (χ4n) is 1.41. The lowest BCUT2D eigenvalue weighted by molar-refractivity contribution is 0.381. The smallest absolute Gasteiger partial charge is 0.200 e. The molecule has 1 aromatic carbocycles. The van der Waals surface area contributed by atoms with Gasteiger partial charge in [0.1, 0.15) is 17.8 Å². The van der Waals surface area contributed by atoms with Gasteiger partial charge in [0.05, 0.1) is 6.54 Å². The van der Waals surface area contributed by atoms with Crippen molar-refractivity contribution in [1.29, 1.82) is 0 Å². The summed E-state index contributed by atoms with van der Waals surface area (Å²) in [6, 6.07) is 0. The first-order valence-electron chi connectivity index (χ1n) is 5.01. The molecule has 1 heterocycles. The minimum atomic E-state index is -2.20. The fourth-order valence-corrected chi connectivity index (χ4v) is 1.41. The Morgan fingerprint density at radius 1 is 1.00 bits per heavy atom. The van der Waals surface area contributed by atoms with Gasteiger partial charge in [0, 0.05) is 7.05 Å². The van der Waals surface area contributed by atoms with Crippen LogP contribution in [0.2, 0.25) is 0 Å². The molecule has 0 spiro atoms. The molecule has 0 saturated heterocycles. The van der Waals surface area contributed by atoms with Gasteiger partial charge >= 0.3 is 0 Å². The molecule has 19 heavy (non-hydrogen) atoms. The minimum Gasteiger partial charge on any atom is -0.373 e. The Kier molecular flexibility index (Phi) is 3.36. The van der Waals surface area contributed by atoms with Crippen molar-refractivity contribution in [3.05, 3.63) is 41.2 Å². The van der Waals surface area contributed by atoms with Gasteiger partial charge < -0.3 is 5.32 Å². The Hall–Kier alpha value is -2.19. The van der Waals surface area contributed by atoms with Crippen LogP contribution < -0.4 is 5.32 Å². The molecule has 2 rings (SSSR count). The average Bonchev–Trinajstić information content (AvgIpc) is 2.80. The van der Waals surface area contributed by atoms with Gasteiger partial charge in [-0.25, -0.2) is 26.9 Å². The number of anilines is 1. The highest BCUT2D eigenvalue weighted by molar-refractivity contribution is 5.47. The highest BCUT2D eigenvalue weighted by Gasteiger charge is 2.25. The van der Waals surface area contributed by atoms with Crippen LogP contribution in [0.3, 0.4) is 0 Å². The van der Waals surface area contributed by atoms with Crippen molar-refractivity contribution in [2.24, 2.45) is 7.05 Å². The van der Waals surface area contributed by atoms with Crippen molar-refractivity contribution in [2.45, 2.75) is 6.54 Å². The molecule has 0 aliphatic rings. The van der Waals surface area contributed by atoms with Crippen LogP contribution in [-0.4, -0.2) is 14.8 Å². The Labute approximate surface area is 103 Å². The second-order valence-electron chi connectivity index (χ2n) is 3.60. The van der Waals surface area contributed by atoms with E-state index >= 15 is 0 Å². The molecule has 0 bridgehead atoms. The van der Waals surface area contributed by atoms with E-state index in [9.17, 15) is 22.0 Å². The van der Waals surface area contributed by atoms with E-state index in [1.807, 2.05) is 0 Å². The summed E-state index contributed by atoms with van der Waals surface area (Å²) < 4.78 is 66.5. The predicted molar refractivity (Wildman–Crippen MR) is 54.6 cm³/mol. The van der Waals surface area contributed by atoms with E-state index in [0.29, 0.717) is 0 Å². The molecule has 0 atom stereocenters. The second kappa shape index (κ2) is 4.82. The van der Waals surface area contributed by atoms with Crippen molar-refractivity contribution in [3.63, 3.8) is 0 Å².